The Labute approximate surface area is 181 Å². The minimum atomic E-state index is 0.381. The van der Waals surface area contributed by atoms with Gasteiger partial charge in [-0.1, -0.05) is 65.9 Å². The van der Waals surface area contributed by atoms with E-state index in [4.69, 9.17) is 6.42 Å². The first-order valence-electron chi connectivity index (χ1n) is 12.7. The second kappa shape index (κ2) is 7.94. The van der Waals surface area contributed by atoms with Crippen LogP contribution in [-0.4, -0.2) is 0 Å². The largest absolute Gasteiger partial charge is 0.115 e. The van der Waals surface area contributed by atoms with Gasteiger partial charge in [-0.25, -0.2) is 0 Å². The summed E-state index contributed by atoms with van der Waals surface area (Å²) in [5, 5.41) is 0. The van der Waals surface area contributed by atoms with E-state index in [0.717, 1.165) is 41.9 Å². The predicted molar refractivity (Wildman–Crippen MR) is 125 cm³/mol. The number of fused-ring (bicyclic) bond motifs is 5. The van der Waals surface area contributed by atoms with Gasteiger partial charge in [0, 0.05) is 5.57 Å². The van der Waals surface area contributed by atoms with E-state index in [1.165, 1.54) is 63.4 Å². The maximum atomic E-state index is 5.74. The number of hydrogen-bond acceptors (Lipinski definition) is 0. The van der Waals surface area contributed by atoms with Crippen LogP contribution in [0.5, 0.6) is 0 Å². The van der Waals surface area contributed by atoms with Crippen molar-refractivity contribution in [2.45, 2.75) is 98.8 Å². The zero-order valence-corrected chi connectivity index (χ0v) is 19.8. The van der Waals surface area contributed by atoms with E-state index in [2.05, 4.69) is 52.7 Å². The fraction of sp³-hybridized carbons (Fsp3) is 0.793. The monoisotopic (exact) mass is 392 g/mol. The Morgan fingerprint density at radius 3 is 2.59 bits per heavy atom. The molecule has 0 radical (unpaired) electrons. The molecule has 0 spiro atoms. The van der Waals surface area contributed by atoms with Crippen LogP contribution in [0.15, 0.2) is 23.3 Å². The van der Waals surface area contributed by atoms with Crippen molar-refractivity contribution in [2.75, 3.05) is 0 Å². The first-order valence-corrected chi connectivity index (χ1v) is 12.7. The Bertz CT molecular complexity index is 715. The summed E-state index contributed by atoms with van der Waals surface area (Å²) in [6, 6.07) is 0. The third kappa shape index (κ3) is 3.56. The molecule has 4 aliphatic carbocycles. The average molecular weight is 393 g/mol. The summed E-state index contributed by atoms with van der Waals surface area (Å²) in [5.74, 6) is 8.39. The van der Waals surface area contributed by atoms with Gasteiger partial charge in [0.15, 0.2) is 0 Å². The zero-order valence-electron chi connectivity index (χ0n) is 19.8. The van der Waals surface area contributed by atoms with Crippen molar-refractivity contribution in [3.8, 4) is 12.3 Å². The molecule has 0 aromatic heterocycles. The molecule has 0 aliphatic heterocycles. The Balaban J connectivity index is 1.52. The van der Waals surface area contributed by atoms with Crippen LogP contribution in [0.3, 0.4) is 0 Å². The van der Waals surface area contributed by atoms with Gasteiger partial charge in [-0.15, -0.1) is 6.42 Å². The molecule has 0 amide bonds. The van der Waals surface area contributed by atoms with Gasteiger partial charge in [-0.2, -0.15) is 0 Å². The maximum absolute atomic E-state index is 5.74. The minimum Gasteiger partial charge on any atom is -0.115 e. The van der Waals surface area contributed by atoms with Crippen molar-refractivity contribution >= 4 is 0 Å². The summed E-state index contributed by atoms with van der Waals surface area (Å²) in [7, 11) is 0. The summed E-state index contributed by atoms with van der Waals surface area (Å²) >= 11 is 0. The van der Waals surface area contributed by atoms with E-state index in [9.17, 15) is 0 Å². The summed E-state index contributed by atoms with van der Waals surface area (Å²) in [6.45, 7) is 12.6. The molecule has 4 rings (SSSR count). The molecule has 0 saturated heterocycles. The van der Waals surface area contributed by atoms with E-state index in [1.807, 2.05) is 0 Å². The van der Waals surface area contributed by atoms with Crippen LogP contribution in [0.25, 0.3) is 0 Å². The lowest BCUT2D eigenvalue weighted by Crippen LogP contribution is -2.49. The molecule has 0 nitrogen and oxygen atoms in total. The van der Waals surface area contributed by atoms with Crippen LogP contribution in [0.1, 0.15) is 98.8 Å². The molecule has 0 heteroatoms. The molecule has 160 valence electrons. The molecule has 0 bridgehead atoms. The van der Waals surface area contributed by atoms with Gasteiger partial charge in [0.1, 0.15) is 0 Å². The van der Waals surface area contributed by atoms with E-state index in [-0.39, 0.29) is 0 Å². The van der Waals surface area contributed by atoms with Crippen LogP contribution < -0.4 is 0 Å². The van der Waals surface area contributed by atoms with Crippen molar-refractivity contribution in [1.29, 1.82) is 0 Å². The van der Waals surface area contributed by atoms with Crippen molar-refractivity contribution in [3.05, 3.63) is 23.3 Å². The van der Waals surface area contributed by atoms with Crippen molar-refractivity contribution in [3.63, 3.8) is 0 Å². The summed E-state index contributed by atoms with van der Waals surface area (Å²) < 4.78 is 0. The normalized spacial score (nSPS) is 42.2. The standard InChI is InChI=1S/C29H44/c1-7-22-15-17-28(5)23(19-22)11-12-24-26-14-13-25(21(4)10-8-9-20(2)3)29(26,6)18-16-27(24)28/h1,11,19-21,24-27H,8-10,12-18H2,2-6H3/t21-,24?,25-,26?,27?,28+,29?/m1/s1. The second-order valence-electron chi connectivity index (χ2n) is 12.0. The first-order chi connectivity index (χ1) is 13.8. The van der Waals surface area contributed by atoms with E-state index in [1.54, 1.807) is 5.57 Å². The summed E-state index contributed by atoms with van der Waals surface area (Å²) in [4.78, 5) is 0. The Morgan fingerprint density at radius 1 is 1.07 bits per heavy atom. The quantitative estimate of drug-likeness (QED) is 0.414. The highest BCUT2D eigenvalue weighted by atomic mass is 14.6. The minimum absolute atomic E-state index is 0.381. The second-order valence-corrected chi connectivity index (χ2v) is 12.0. The first kappa shape index (κ1) is 21.3. The third-order valence-electron chi connectivity index (χ3n) is 10.2. The molecule has 7 atom stereocenters. The number of terminal acetylenes is 1. The molecule has 4 unspecified atom stereocenters. The average Bonchev–Trinajstić information content (AvgIpc) is 3.04. The SMILES string of the molecule is C#CC1=CC2=CCC3C4CC[C@H]([C@H](C)CCCC(C)C)C4(C)CCC3[C@@]2(C)CC1. The van der Waals surface area contributed by atoms with Crippen LogP contribution in [0, 0.1) is 58.7 Å². The lowest BCUT2D eigenvalue weighted by molar-refractivity contribution is -0.0453. The molecule has 0 aromatic rings. The molecule has 0 N–H and O–H groups in total. The topological polar surface area (TPSA) is 0 Å². The predicted octanol–water partition coefficient (Wildman–Crippen LogP) is 8.20. The molecular formula is C29H44. The number of allylic oxidation sites excluding steroid dienone is 4. The molecule has 0 heterocycles. The fourth-order valence-corrected chi connectivity index (χ4v) is 8.46. The van der Waals surface area contributed by atoms with Gasteiger partial charge in [0.25, 0.3) is 0 Å². The fourth-order valence-electron chi connectivity index (χ4n) is 8.46. The Morgan fingerprint density at radius 2 is 1.86 bits per heavy atom. The van der Waals surface area contributed by atoms with Crippen LogP contribution in [0.4, 0.5) is 0 Å². The van der Waals surface area contributed by atoms with E-state index < -0.39 is 0 Å². The summed E-state index contributed by atoms with van der Waals surface area (Å²) in [6.07, 6.45) is 24.6. The van der Waals surface area contributed by atoms with Crippen LogP contribution in [0.2, 0.25) is 0 Å². The maximum Gasteiger partial charge on any atom is 0.00207 e. The van der Waals surface area contributed by atoms with E-state index in [0.29, 0.717) is 10.8 Å². The van der Waals surface area contributed by atoms with Gasteiger partial charge in [-0.3, -0.25) is 0 Å². The van der Waals surface area contributed by atoms with Gasteiger partial charge in [0.05, 0.1) is 0 Å². The molecule has 2 fully saturated rings. The molecule has 2 saturated carbocycles. The van der Waals surface area contributed by atoms with Gasteiger partial charge >= 0.3 is 0 Å². The van der Waals surface area contributed by atoms with E-state index >= 15 is 0 Å². The lowest BCUT2D eigenvalue weighted by atomic mass is 9.47. The van der Waals surface area contributed by atoms with Crippen molar-refractivity contribution < 1.29 is 0 Å². The lowest BCUT2D eigenvalue weighted by Gasteiger charge is -2.57. The number of rotatable bonds is 5. The molecule has 4 aliphatic rings. The molecule has 29 heavy (non-hydrogen) atoms. The Kier molecular flexibility index (Phi) is 5.83. The van der Waals surface area contributed by atoms with Crippen molar-refractivity contribution in [1.82, 2.24) is 0 Å². The Hall–Kier alpha value is -0.960. The van der Waals surface area contributed by atoms with Crippen LogP contribution in [-0.2, 0) is 0 Å². The van der Waals surface area contributed by atoms with Gasteiger partial charge < -0.3 is 0 Å². The smallest absolute Gasteiger partial charge is 0.00207 e. The molecule has 0 aromatic carbocycles. The number of hydrogen-bond donors (Lipinski definition) is 0. The summed E-state index contributed by atoms with van der Waals surface area (Å²) in [5.41, 5.74) is 3.78. The highest BCUT2D eigenvalue weighted by Gasteiger charge is 2.58. The van der Waals surface area contributed by atoms with Crippen LogP contribution >= 0.6 is 0 Å². The zero-order chi connectivity index (χ0) is 20.8. The van der Waals surface area contributed by atoms with Gasteiger partial charge in [-0.05, 0) is 103 Å². The highest BCUT2D eigenvalue weighted by molar-refractivity contribution is 5.42. The highest BCUT2D eigenvalue weighted by Crippen LogP contribution is 2.67. The third-order valence-corrected chi connectivity index (χ3v) is 10.2. The molecular weight excluding hydrogens is 348 g/mol. The van der Waals surface area contributed by atoms with Crippen molar-refractivity contribution in [2.24, 2.45) is 46.3 Å². The van der Waals surface area contributed by atoms with Gasteiger partial charge in [0.2, 0.25) is 0 Å².